The molecule has 2 aliphatic rings. The van der Waals surface area contributed by atoms with Crippen molar-refractivity contribution in [2.45, 2.75) is 50.4 Å². The van der Waals surface area contributed by atoms with E-state index in [0.29, 0.717) is 39.0 Å². The summed E-state index contributed by atoms with van der Waals surface area (Å²) in [7, 11) is 0. The van der Waals surface area contributed by atoms with E-state index >= 15 is 0 Å². The molecule has 0 aromatic heterocycles. The Morgan fingerprint density at radius 3 is 2.56 bits per heavy atom. The zero-order chi connectivity index (χ0) is 19.8. The Bertz CT molecular complexity index is 748. The molecular weight excluding hydrogens is 355 g/mol. The second-order valence-corrected chi connectivity index (χ2v) is 7.62. The Balaban J connectivity index is 1.71. The Labute approximate surface area is 157 Å². The number of benzene rings is 1. The Hall–Kier alpha value is -2.19. The third-order valence-electron chi connectivity index (χ3n) is 5.66. The quantitative estimate of drug-likeness (QED) is 0.716. The molecule has 2 amide bonds. The van der Waals surface area contributed by atoms with Crippen molar-refractivity contribution in [3.63, 3.8) is 0 Å². The van der Waals surface area contributed by atoms with E-state index in [4.69, 9.17) is 4.74 Å². The topological polar surface area (TPSA) is 99.1 Å². The minimum atomic E-state index is -0.894. The van der Waals surface area contributed by atoms with Crippen molar-refractivity contribution in [2.75, 3.05) is 19.7 Å². The first kappa shape index (κ1) is 19.6. The van der Waals surface area contributed by atoms with Crippen LogP contribution in [0.2, 0.25) is 0 Å². The fourth-order valence-electron chi connectivity index (χ4n) is 4.13. The molecule has 3 rings (SSSR count). The van der Waals surface area contributed by atoms with E-state index < -0.39 is 28.8 Å². The minimum Gasteiger partial charge on any atom is -0.505 e. The maximum atomic E-state index is 13.2. The van der Waals surface area contributed by atoms with Gasteiger partial charge in [-0.05, 0) is 44.4 Å². The predicted octanol–water partition coefficient (Wildman–Crippen LogP) is 1.18. The molecule has 2 atom stereocenters. The van der Waals surface area contributed by atoms with Gasteiger partial charge in [0.15, 0.2) is 11.6 Å². The fraction of sp³-hybridized carbons (Fsp3) is 0.579. The summed E-state index contributed by atoms with van der Waals surface area (Å²) in [4.78, 5) is 25.7. The largest absolute Gasteiger partial charge is 0.505 e. The number of halogens is 1. The number of carbonyl (C=O) groups is 2. The number of ether oxygens (including phenoxy) is 1. The first-order valence-corrected chi connectivity index (χ1v) is 9.05. The van der Waals surface area contributed by atoms with Crippen molar-refractivity contribution in [3.8, 4) is 5.75 Å². The van der Waals surface area contributed by atoms with Crippen LogP contribution in [0.4, 0.5) is 4.39 Å². The highest BCUT2D eigenvalue weighted by Crippen LogP contribution is 2.40. The van der Waals surface area contributed by atoms with Gasteiger partial charge < -0.3 is 25.2 Å². The lowest BCUT2D eigenvalue weighted by atomic mass is 9.73. The Kier molecular flexibility index (Phi) is 5.14. The Morgan fingerprint density at radius 2 is 1.96 bits per heavy atom. The van der Waals surface area contributed by atoms with Crippen LogP contribution in [0.1, 0.15) is 43.5 Å². The summed E-state index contributed by atoms with van der Waals surface area (Å²) in [6, 6.07) is 3.50. The summed E-state index contributed by atoms with van der Waals surface area (Å²) in [6.45, 7) is 4.34. The zero-order valence-electron chi connectivity index (χ0n) is 15.5. The second kappa shape index (κ2) is 7.09. The number of nitrogens with zero attached hydrogens (tertiary/aromatic N) is 1. The molecule has 0 radical (unpaired) electrons. The van der Waals surface area contributed by atoms with Crippen molar-refractivity contribution in [3.05, 3.63) is 29.6 Å². The van der Waals surface area contributed by atoms with Crippen molar-refractivity contribution in [1.82, 2.24) is 10.2 Å². The van der Waals surface area contributed by atoms with E-state index in [1.165, 1.54) is 13.0 Å². The van der Waals surface area contributed by atoms with E-state index in [0.717, 1.165) is 12.1 Å². The summed E-state index contributed by atoms with van der Waals surface area (Å²) in [5.41, 5.74) is -1.39. The molecule has 3 N–H and O–H groups in total. The van der Waals surface area contributed by atoms with Crippen LogP contribution in [0.3, 0.4) is 0 Å². The van der Waals surface area contributed by atoms with Crippen molar-refractivity contribution in [1.29, 1.82) is 0 Å². The number of likely N-dealkylation sites (tertiary alicyclic amines) is 1. The van der Waals surface area contributed by atoms with Gasteiger partial charge in [0.1, 0.15) is 6.10 Å². The van der Waals surface area contributed by atoms with E-state index in [2.05, 4.69) is 5.32 Å². The molecule has 2 heterocycles. The minimum absolute atomic E-state index is 0.207. The summed E-state index contributed by atoms with van der Waals surface area (Å²) in [6.07, 6.45) is 0.451. The van der Waals surface area contributed by atoms with Crippen molar-refractivity contribution < 1.29 is 28.9 Å². The molecule has 148 valence electrons. The smallest absolute Gasteiger partial charge is 0.253 e. The maximum absolute atomic E-state index is 13.2. The average Bonchev–Trinajstić information content (AvgIpc) is 2.62. The normalized spacial score (nSPS) is 27.4. The van der Waals surface area contributed by atoms with Crippen LogP contribution in [0.5, 0.6) is 5.75 Å². The van der Waals surface area contributed by atoms with Crippen LogP contribution < -0.4 is 5.32 Å². The molecule has 0 unspecified atom stereocenters. The first-order valence-electron chi connectivity index (χ1n) is 9.05. The molecule has 0 saturated carbocycles. The lowest BCUT2D eigenvalue weighted by molar-refractivity contribution is -0.205. The molecule has 1 spiro atoms. The number of carbonyl (C=O) groups excluding carboxylic acids is 2. The summed E-state index contributed by atoms with van der Waals surface area (Å²) in [5, 5.41) is 23.3. The van der Waals surface area contributed by atoms with Gasteiger partial charge in [-0.15, -0.1) is 0 Å². The van der Waals surface area contributed by atoms with E-state index in [-0.39, 0.29) is 17.4 Å². The number of nitrogens with one attached hydrogen (secondary N) is 1. The monoisotopic (exact) mass is 380 g/mol. The van der Waals surface area contributed by atoms with Gasteiger partial charge >= 0.3 is 0 Å². The first-order chi connectivity index (χ1) is 12.7. The molecule has 1 aromatic carbocycles. The number of aliphatic hydroxyl groups is 1. The molecule has 7 nitrogen and oxygen atoms in total. The van der Waals surface area contributed by atoms with Crippen LogP contribution >= 0.6 is 0 Å². The molecule has 1 aromatic rings. The lowest BCUT2D eigenvalue weighted by Crippen LogP contribution is -2.69. The summed E-state index contributed by atoms with van der Waals surface area (Å²) in [5.74, 6) is -1.86. The van der Waals surface area contributed by atoms with Gasteiger partial charge in [-0.3, -0.25) is 9.59 Å². The molecule has 2 fully saturated rings. The number of phenolic OH excluding ortho intramolecular Hbond substituents is 1. The van der Waals surface area contributed by atoms with Crippen LogP contribution in [0.25, 0.3) is 0 Å². The fourth-order valence-corrected chi connectivity index (χ4v) is 4.13. The van der Waals surface area contributed by atoms with E-state index in [1.54, 1.807) is 4.90 Å². The zero-order valence-corrected chi connectivity index (χ0v) is 15.5. The van der Waals surface area contributed by atoms with Gasteiger partial charge in [0.05, 0.1) is 11.1 Å². The third-order valence-corrected chi connectivity index (χ3v) is 5.66. The number of phenols is 1. The number of piperidine rings is 1. The molecule has 2 aliphatic heterocycles. The lowest BCUT2D eigenvalue weighted by Gasteiger charge is -2.53. The average molecular weight is 380 g/mol. The van der Waals surface area contributed by atoms with E-state index in [9.17, 15) is 24.2 Å². The molecule has 8 heteroatoms. The number of rotatable bonds is 2. The van der Waals surface area contributed by atoms with Gasteiger partial charge in [0.25, 0.3) is 5.91 Å². The molecule has 0 bridgehead atoms. The maximum Gasteiger partial charge on any atom is 0.253 e. The number of aromatic hydroxyl groups is 1. The highest BCUT2D eigenvalue weighted by atomic mass is 19.1. The molecule has 27 heavy (non-hydrogen) atoms. The van der Waals surface area contributed by atoms with Gasteiger partial charge in [-0.1, -0.05) is 0 Å². The summed E-state index contributed by atoms with van der Waals surface area (Å²) >= 11 is 0. The van der Waals surface area contributed by atoms with Crippen molar-refractivity contribution in [2.24, 2.45) is 0 Å². The number of aliphatic hydroxyl groups excluding tert-OH is 1. The predicted molar refractivity (Wildman–Crippen MR) is 94.7 cm³/mol. The third kappa shape index (κ3) is 3.64. The number of hydrogen-bond acceptors (Lipinski definition) is 5. The van der Waals surface area contributed by atoms with Crippen LogP contribution in [0.15, 0.2) is 18.2 Å². The highest BCUT2D eigenvalue weighted by molar-refractivity contribution is 5.94. The Morgan fingerprint density at radius 1 is 1.30 bits per heavy atom. The second-order valence-electron chi connectivity index (χ2n) is 7.62. The highest BCUT2D eigenvalue weighted by Gasteiger charge is 2.53. The summed E-state index contributed by atoms with van der Waals surface area (Å²) < 4.78 is 19.1. The van der Waals surface area contributed by atoms with Gasteiger partial charge in [-0.25, -0.2) is 4.39 Å². The number of hydrogen-bond donors (Lipinski definition) is 3. The number of amides is 2. The SMILES string of the molecule is CC(=O)N[C@@]1(C)CCOC2(CCN(C(=O)c3ccc(F)c(O)c3)CC2)[C@@H]1O. The molecule has 2 saturated heterocycles. The van der Waals surface area contributed by atoms with E-state index in [1.807, 2.05) is 6.92 Å². The van der Waals surface area contributed by atoms with Gasteiger partial charge in [0, 0.05) is 32.2 Å². The van der Waals surface area contributed by atoms with Crippen LogP contribution in [0, 0.1) is 5.82 Å². The molecule has 0 aliphatic carbocycles. The van der Waals surface area contributed by atoms with Gasteiger partial charge in [0.2, 0.25) is 5.91 Å². The standard InChI is InChI=1S/C19H25FN2O5/c1-12(23)21-18(2)7-10-27-19(17(18)26)5-8-22(9-6-19)16(25)13-3-4-14(20)15(24)11-13/h3-4,11,17,24,26H,5-10H2,1-2H3,(H,21,23)/t17-,18+/m1/s1. The van der Waals surface area contributed by atoms with Crippen LogP contribution in [-0.2, 0) is 9.53 Å². The van der Waals surface area contributed by atoms with Crippen LogP contribution in [-0.4, -0.2) is 63.9 Å². The molecular formula is C19H25FN2O5. The van der Waals surface area contributed by atoms with Gasteiger partial charge in [-0.2, -0.15) is 0 Å². The van der Waals surface area contributed by atoms with Crippen molar-refractivity contribution >= 4 is 11.8 Å².